The summed E-state index contributed by atoms with van der Waals surface area (Å²) < 4.78 is 10.6. The molecule has 246 valence electrons. The monoisotopic (exact) mass is 638 g/mol. The maximum absolute atomic E-state index is 12.9. The van der Waals surface area contributed by atoms with Crippen LogP contribution in [-0.4, -0.2) is 65.5 Å². The summed E-state index contributed by atoms with van der Waals surface area (Å²) in [6.45, 7) is 12.2. The van der Waals surface area contributed by atoms with Crippen LogP contribution in [0.3, 0.4) is 0 Å². The van der Waals surface area contributed by atoms with Crippen LogP contribution in [0.25, 0.3) is 0 Å². The Morgan fingerprint density at radius 2 is 1.72 bits per heavy atom. The van der Waals surface area contributed by atoms with Gasteiger partial charge >= 0.3 is 5.97 Å². The van der Waals surface area contributed by atoms with Crippen molar-refractivity contribution in [3.8, 4) is 0 Å². The lowest BCUT2D eigenvalue weighted by molar-refractivity contribution is -0.145. The number of allylic oxidation sites excluding steroid dienone is 12. The molecule has 0 aromatic rings. The average molecular weight is 639 g/mol. The van der Waals surface area contributed by atoms with Crippen LogP contribution in [0.5, 0.6) is 0 Å². The Labute approximate surface area is 275 Å². The van der Waals surface area contributed by atoms with Crippen LogP contribution in [0.1, 0.15) is 67.2 Å². The number of ether oxygens (including phenoxy) is 2. The third-order valence-electron chi connectivity index (χ3n) is 9.79. The van der Waals surface area contributed by atoms with Gasteiger partial charge in [0.25, 0.3) is 0 Å². The molecule has 1 saturated heterocycles. The molecule has 0 spiro atoms. The largest absolute Gasteiger partial charge is 0.511 e. The van der Waals surface area contributed by atoms with Crippen LogP contribution < -0.4 is 5.32 Å². The van der Waals surface area contributed by atoms with Gasteiger partial charge in [-0.1, -0.05) is 13.8 Å². The molecule has 47 heavy (non-hydrogen) atoms. The Hall–Kier alpha value is -4.41. The summed E-state index contributed by atoms with van der Waals surface area (Å²) in [4.78, 5) is 40.7. The van der Waals surface area contributed by atoms with Gasteiger partial charge in [0.1, 0.15) is 12.4 Å². The molecule has 6 rings (SSSR count). The van der Waals surface area contributed by atoms with Gasteiger partial charge in [0.15, 0.2) is 5.78 Å². The van der Waals surface area contributed by atoms with Crippen LogP contribution in [0.2, 0.25) is 0 Å². The number of carbonyl (C=O) groups is 2. The van der Waals surface area contributed by atoms with Crippen molar-refractivity contribution in [2.24, 2.45) is 26.8 Å². The molecule has 0 amide bonds. The Balaban J connectivity index is 1.45. The van der Waals surface area contributed by atoms with Gasteiger partial charge in [-0.25, -0.2) is 15.0 Å². The van der Waals surface area contributed by atoms with Crippen molar-refractivity contribution < 1.29 is 29.3 Å². The molecule has 1 fully saturated rings. The third-order valence-corrected chi connectivity index (χ3v) is 9.79. The number of hydrogen-bond acceptors (Lipinski definition) is 10. The van der Waals surface area contributed by atoms with E-state index in [9.17, 15) is 14.7 Å². The fourth-order valence-electron chi connectivity index (χ4n) is 7.28. The number of Topliss-reactive ketones (excluding diaryl/α,β-unsaturated/α-hetero) is 1. The van der Waals surface area contributed by atoms with Crippen molar-refractivity contribution >= 4 is 28.9 Å². The molecule has 1 aliphatic carbocycles. The second kappa shape index (κ2) is 13.0. The van der Waals surface area contributed by atoms with E-state index in [2.05, 4.69) is 19.2 Å². The topological polar surface area (TPSA) is 142 Å². The van der Waals surface area contributed by atoms with E-state index < -0.39 is 0 Å². The number of hydrogen-bond donors (Lipinski definition) is 3. The van der Waals surface area contributed by atoms with E-state index in [0.29, 0.717) is 29.8 Å². The molecule has 0 aromatic heterocycles. The summed E-state index contributed by atoms with van der Waals surface area (Å²) in [7, 11) is 0. The number of esters is 1. The van der Waals surface area contributed by atoms with Gasteiger partial charge < -0.3 is 25.0 Å². The zero-order valence-electron chi connectivity index (χ0n) is 27.9. The van der Waals surface area contributed by atoms with E-state index in [4.69, 9.17) is 29.6 Å². The molecule has 0 aromatic carbocycles. The lowest BCUT2D eigenvalue weighted by Gasteiger charge is -2.17. The molecule has 0 saturated carbocycles. The number of fused-ring (bicyclic) bond motifs is 5. The van der Waals surface area contributed by atoms with Crippen LogP contribution >= 0.6 is 0 Å². The van der Waals surface area contributed by atoms with Crippen LogP contribution in [0.15, 0.2) is 106 Å². The van der Waals surface area contributed by atoms with Crippen LogP contribution in [0, 0.1) is 11.8 Å². The maximum Gasteiger partial charge on any atom is 0.305 e. The van der Waals surface area contributed by atoms with Gasteiger partial charge in [-0.2, -0.15) is 0 Å². The maximum atomic E-state index is 12.9. The molecular formula is C37H42N4O6. The van der Waals surface area contributed by atoms with Gasteiger partial charge in [-0.05, 0) is 81.1 Å². The Morgan fingerprint density at radius 1 is 0.979 bits per heavy atom. The van der Waals surface area contributed by atoms with Gasteiger partial charge in [0, 0.05) is 52.8 Å². The summed E-state index contributed by atoms with van der Waals surface area (Å²) in [6, 6.07) is 0. The Kier molecular flexibility index (Phi) is 9.00. The fourth-order valence-corrected chi connectivity index (χ4v) is 7.28. The van der Waals surface area contributed by atoms with E-state index in [1.807, 2.05) is 39.0 Å². The molecule has 0 radical (unpaired) electrons. The first-order chi connectivity index (χ1) is 22.5. The Bertz CT molecular complexity index is 1820. The zero-order chi connectivity index (χ0) is 33.6. The second-order valence-electron chi connectivity index (χ2n) is 12.6. The number of carbonyl (C=O) groups excluding carboxylic acids is 2. The lowest BCUT2D eigenvalue weighted by atomic mass is 9.86. The van der Waals surface area contributed by atoms with Crippen molar-refractivity contribution in [2.75, 3.05) is 26.4 Å². The van der Waals surface area contributed by atoms with Gasteiger partial charge in [0.05, 0.1) is 54.0 Å². The predicted octanol–water partition coefficient (Wildman–Crippen LogP) is 5.58. The second-order valence-corrected chi connectivity index (χ2v) is 12.6. The van der Waals surface area contributed by atoms with E-state index in [-0.39, 0.29) is 62.2 Å². The van der Waals surface area contributed by atoms with Gasteiger partial charge in [-0.15, -0.1) is 0 Å². The van der Waals surface area contributed by atoms with Crippen LogP contribution in [-0.2, 0) is 19.1 Å². The third kappa shape index (κ3) is 5.85. The summed E-state index contributed by atoms with van der Waals surface area (Å²) >= 11 is 0. The molecule has 8 bridgehead atoms. The number of nitrogens with one attached hydrogen (secondary N) is 1. The first-order valence-electron chi connectivity index (χ1n) is 16.4. The average Bonchev–Trinajstić information content (AvgIpc) is 3.78. The van der Waals surface area contributed by atoms with Crippen molar-refractivity contribution in [3.63, 3.8) is 0 Å². The van der Waals surface area contributed by atoms with Gasteiger partial charge in [0.2, 0.25) is 0 Å². The quantitative estimate of drug-likeness (QED) is 0.210. The molecule has 10 nitrogen and oxygen atoms in total. The molecule has 5 aliphatic heterocycles. The minimum absolute atomic E-state index is 0.0281. The highest BCUT2D eigenvalue weighted by molar-refractivity contribution is 6.22. The van der Waals surface area contributed by atoms with E-state index in [1.54, 1.807) is 6.92 Å². The smallest absolute Gasteiger partial charge is 0.305 e. The summed E-state index contributed by atoms with van der Waals surface area (Å²) in [5, 5.41) is 23.8. The number of ketones is 1. The van der Waals surface area contributed by atoms with E-state index >= 15 is 0 Å². The fraction of sp³-hybridized carbons (Fsp3) is 0.432. The first kappa shape index (κ1) is 32.5. The number of aliphatic hydroxyl groups excluding tert-OH is 2. The van der Waals surface area contributed by atoms with Crippen molar-refractivity contribution in [1.29, 1.82) is 0 Å². The number of rotatable bonds is 10. The summed E-state index contributed by atoms with van der Waals surface area (Å²) in [5.74, 6) is -0.220. The van der Waals surface area contributed by atoms with Gasteiger partial charge in [-0.3, -0.25) is 9.59 Å². The summed E-state index contributed by atoms with van der Waals surface area (Å²) in [5.41, 5.74) is 12.3. The highest BCUT2D eigenvalue weighted by Crippen LogP contribution is 2.46. The van der Waals surface area contributed by atoms with Crippen molar-refractivity contribution in [1.82, 2.24) is 5.32 Å². The predicted molar refractivity (Wildman–Crippen MR) is 181 cm³/mol. The highest BCUT2D eigenvalue weighted by atomic mass is 16.6. The molecule has 2 atom stereocenters. The minimum Gasteiger partial charge on any atom is -0.511 e. The number of aliphatic imine (C=N–C) groups is 3. The SMILES string of the molecule is CCC1=C(C)C2=NC1=CC1=C(C)C3=C(O)CC(=C4NC(=CC5=NC(=C2)C(C(C)=O)=C5C)[C@@H](C)[C@@H]4CCC(=O)OCCOCCO)C3=N1. The normalized spacial score (nSPS) is 23.3. The lowest BCUT2D eigenvalue weighted by Crippen LogP contribution is -2.17. The minimum atomic E-state index is -0.325. The molecule has 5 heterocycles. The highest BCUT2D eigenvalue weighted by Gasteiger charge is 2.41. The van der Waals surface area contributed by atoms with Crippen molar-refractivity contribution in [2.45, 2.75) is 67.2 Å². The molecule has 10 heteroatoms. The number of aliphatic hydroxyl groups is 2. The molecular weight excluding hydrogens is 596 g/mol. The summed E-state index contributed by atoms with van der Waals surface area (Å²) in [6.07, 6.45) is 7.73. The Morgan fingerprint density at radius 3 is 2.45 bits per heavy atom. The first-order valence-corrected chi connectivity index (χ1v) is 16.4. The number of nitrogens with zero attached hydrogens (tertiary/aromatic N) is 3. The zero-order valence-corrected chi connectivity index (χ0v) is 27.9. The van der Waals surface area contributed by atoms with Crippen molar-refractivity contribution in [3.05, 3.63) is 91.5 Å². The van der Waals surface area contributed by atoms with E-state index in [1.165, 1.54) is 0 Å². The molecule has 6 aliphatic rings. The standard InChI is InChI=1S/C37H42N4O6/c1-7-23-18(2)26-17-31-34(22(6)43)20(4)28(39-31)15-27-19(3)24(8-9-33(45)47-13-12-46-11-10-42)36(40-27)25-14-32(44)35-21(5)29(41-37(25)35)16-30(23)38-26/h15-17,19,24,40,42,44H,7-14H2,1-6H3/t19-,24-/m0/s1. The molecule has 3 N–H and O–H groups in total. The van der Waals surface area contributed by atoms with E-state index in [0.717, 1.165) is 74.1 Å². The van der Waals surface area contributed by atoms with Crippen LogP contribution in [0.4, 0.5) is 0 Å². The molecule has 0 unspecified atom stereocenters.